The molecule has 37 heavy (non-hydrogen) atoms. The topological polar surface area (TPSA) is 71.8 Å². The number of urea groups is 1. The first-order valence-electron chi connectivity index (χ1n) is 12.2. The van der Waals surface area contributed by atoms with E-state index in [-0.39, 0.29) is 17.4 Å². The first-order valence-corrected chi connectivity index (χ1v) is 13.2. The van der Waals surface area contributed by atoms with E-state index in [1.807, 2.05) is 86.9 Å². The lowest BCUT2D eigenvalue weighted by Crippen LogP contribution is -2.48. The lowest BCUT2D eigenvalue weighted by atomic mass is 10.0. The number of rotatable bonds is 8. The molecular formula is C29H32FN5OS. The summed E-state index contributed by atoms with van der Waals surface area (Å²) in [5.41, 5.74) is 3.71. The number of hydrogen-bond donors (Lipinski definition) is 2. The Hall–Kier alpha value is -3.65. The number of aryl methyl sites for hydroxylation is 1. The van der Waals surface area contributed by atoms with Gasteiger partial charge in [-0.2, -0.15) is 0 Å². The largest absolute Gasteiger partial charge is 0.334 e. The van der Waals surface area contributed by atoms with Crippen LogP contribution in [0, 0.1) is 12.7 Å². The summed E-state index contributed by atoms with van der Waals surface area (Å²) < 4.78 is 15.4. The molecule has 4 rings (SSSR count). The summed E-state index contributed by atoms with van der Waals surface area (Å²) in [5, 5.41) is 15.9. The predicted molar refractivity (Wildman–Crippen MR) is 146 cm³/mol. The van der Waals surface area contributed by atoms with Gasteiger partial charge in [0, 0.05) is 23.4 Å². The number of amides is 2. The Kier molecular flexibility index (Phi) is 8.28. The van der Waals surface area contributed by atoms with Crippen LogP contribution >= 0.6 is 11.8 Å². The van der Waals surface area contributed by atoms with Crippen LogP contribution in [0.2, 0.25) is 0 Å². The first kappa shape index (κ1) is 26.4. The second kappa shape index (κ2) is 11.6. The van der Waals surface area contributed by atoms with Gasteiger partial charge in [0.1, 0.15) is 5.82 Å². The van der Waals surface area contributed by atoms with Crippen LogP contribution < -0.4 is 10.6 Å². The van der Waals surface area contributed by atoms with Gasteiger partial charge in [0.25, 0.3) is 0 Å². The maximum absolute atomic E-state index is 13.4. The van der Waals surface area contributed by atoms with Crippen LogP contribution in [0.3, 0.4) is 0 Å². The van der Waals surface area contributed by atoms with E-state index >= 15 is 0 Å². The van der Waals surface area contributed by atoms with E-state index in [0.717, 1.165) is 22.4 Å². The van der Waals surface area contributed by atoms with Crippen molar-refractivity contribution in [3.63, 3.8) is 0 Å². The summed E-state index contributed by atoms with van der Waals surface area (Å²) in [7, 11) is 0. The van der Waals surface area contributed by atoms with Crippen LogP contribution in [0.1, 0.15) is 49.3 Å². The fourth-order valence-electron chi connectivity index (χ4n) is 3.86. The van der Waals surface area contributed by atoms with E-state index in [4.69, 9.17) is 0 Å². The monoisotopic (exact) mass is 517 g/mol. The molecule has 0 aliphatic rings. The van der Waals surface area contributed by atoms with Crippen LogP contribution in [0.4, 0.5) is 9.18 Å². The van der Waals surface area contributed by atoms with Gasteiger partial charge in [0.2, 0.25) is 0 Å². The molecule has 192 valence electrons. The molecule has 1 aromatic heterocycles. The first-order chi connectivity index (χ1) is 17.7. The Balaban J connectivity index is 1.71. The quantitative estimate of drug-likeness (QED) is 0.266. The van der Waals surface area contributed by atoms with Crippen molar-refractivity contribution in [1.82, 2.24) is 25.4 Å². The number of thioether (sulfide) groups is 1. The molecule has 0 bridgehead atoms. The number of carbonyl (C=O) groups is 1. The average Bonchev–Trinajstić information content (AvgIpc) is 3.27. The van der Waals surface area contributed by atoms with E-state index in [1.54, 1.807) is 12.1 Å². The lowest BCUT2D eigenvalue weighted by molar-refractivity contribution is 0.227. The number of carbonyl (C=O) groups excluding carboxylic acids is 1. The molecule has 0 saturated heterocycles. The van der Waals surface area contributed by atoms with Gasteiger partial charge in [0.05, 0.1) is 6.04 Å². The SMILES string of the molecule is Cc1ccc(-n2c(SCc3ccc(F)cc3)nnc2[C@H](Cc2ccccc2)NC(=O)NC(C)(C)C)cc1. The van der Waals surface area contributed by atoms with Gasteiger partial charge < -0.3 is 10.6 Å². The lowest BCUT2D eigenvalue weighted by Gasteiger charge is -2.25. The number of benzene rings is 3. The van der Waals surface area contributed by atoms with Crippen molar-refractivity contribution in [2.75, 3.05) is 0 Å². The van der Waals surface area contributed by atoms with E-state index in [1.165, 1.54) is 23.9 Å². The molecule has 4 aromatic rings. The molecule has 0 radical (unpaired) electrons. The molecular weight excluding hydrogens is 485 g/mol. The van der Waals surface area contributed by atoms with Crippen molar-refractivity contribution in [3.8, 4) is 5.69 Å². The van der Waals surface area contributed by atoms with Gasteiger partial charge >= 0.3 is 6.03 Å². The molecule has 1 atom stereocenters. The van der Waals surface area contributed by atoms with Gasteiger partial charge in [-0.1, -0.05) is 71.9 Å². The summed E-state index contributed by atoms with van der Waals surface area (Å²) in [6.07, 6.45) is 0.547. The summed E-state index contributed by atoms with van der Waals surface area (Å²) in [6, 6.07) is 23.9. The van der Waals surface area contributed by atoms with Gasteiger partial charge in [0.15, 0.2) is 11.0 Å². The molecule has 8 heteroatoms. The molecule has 0 fully saturated rings. The number of hydrogen-bond acceptors (Lipinski definition) is 4. The van der Waals surface area contributed by atoms with Crippen molar-refractivity contribution < 1.29 is 9.18 Å². The molecule has 2 amide bonds. The second-order valence-electron chi connectivity index (χ2n) is 10.0. The van der Waals surface area contributed by atoms with Gasteiger partial charge in [-0.3, -0.25) is 4.57 Å². The minimum Gasteiger partial charge on any atom is -0.334 e. The zero-order chi connectivity index (χ0) is 26.4. The molecule has 0 aliphatic carbocycles. The van der Waals surface area contributed by atoms with Crippen LogP contribution in [-0.2, 0) is 12.2 Å². The third-order valence-corrected chi connectivity index (χ3v) is 6.62. The fraction of sp³-hybridized carbons (Fsp3) is 0.276. The highest BCUT2D eigenvalue weighted by atomic mass is 32.2. The Morgan fingerprint density at radius 3 is 2.27 bits per heavy atom. The Bertz CT molecular complexity index is 1320. The zero-order valence-electron chi connectivity index (χ0n) is 21.5. The average molecular weight is 518 g/mol. The number of nitrogens with zero attached hydrogens (tertiary/aromatic N) is 3. The maximum atomic E-state index is 13.4. The number of halogens is 1. The number of nitrogens with one attached hydrogen (secondary N) is 2. The molecule has 1 heterocycles. The zero-order valence-corrected chi connectivity index (χ0v) is 22.3. The minimum absolute atomic E-state index is 0.262. The third-order valence-electron chi connectivity index (χ3n) is 5.62. The van der Waals surface area contributed by atoms with Crippen molar-refractivity contribution in [1.29, 1.82) is 0 Å². The smallest absolute Gasteiger partial charge is 0.315 e. The van der Waals surface area contributed by atoms with Gasteiger partial charge in [-0.25, -0.2) is 9.18 Å². The molecule has 6 nitrogen and oxygen atoms in total. The molecule has 0 unspecified atom stereocenters. The molecule has 0 saturated carbocycles. The Morgan fingerprint density at radius 1 is 0.946 bits per heavy atom. The normalized spacial score (nSPS) is 12.2. The van der Waals surface area contributed by atoms with E-state index in [0.29, 0.717) is 23.2 Å². The summed E-state index contributed by atoms with van der Waals surface area (Å²) in [6.45, 7) is 7.87. The van der Waals surface area contributed by atoms with E-state index in [9.17, 15) is 9.18 Å². The van der Waals surface area contributed by atoms with Crippen molar-refractivity contribution in [2.24, 2.45) is 0 Å². The molecule has 2 N–H and O–H groups in total. The van der Waals surface area contributed by atoms with Crippen LogP contribution in [-0.4, -0.2) is 26.3 Å². The second-order valence-corrected chi connectivity index (χ2v) is 11.0. The van der Waals surface area contributed by atoms with Crippen molar-refractivity contribution >= 4 is 17.8 Å². The van der Waals surface area contributed by atoms with Crippen molar-refractivity contribution in [3.05, 3.63) is 107 Å². The van der Waals surface area contributed by atoms with Crippen molar-refractivity contribution in [2.45, 2.75) is 56.6 Å². The third kappa shape index (κ3) is 7.43. The maximum Gasteiger partial charge on any atom is 0.315 e. The molecule has 0 aliphatic heterocycles. The van der Waals surface area contributed by atoms with Gasteiger partial charge in [-0.15, -0.1) is 10.2 Å². The summed E-state index contributed by atoms with van der Waals surface area (Å²) in [4.78, 5) is 13.0. The predicted octanol–water partition coefficient (Wildman–Crippen LogP) is 6.39. The molecule has 0 spiro atoms. The standard InChI is InChI=1S/C29H32FN5OS/c1-20-10-16-24(17-11-20)35-26(33-34-28(35)37-19-22-12-14-23(30)15-13-22)25(18-21-8-6-5-7-9-21)31-27(36)32-29(2,3)4/h5-17,25H,18-19H2,1-4H3,(H2,31,32,36)/t25-/m0/s1. The summed E-state index contributed by atoms with van der Waals surface area (Å²) >= 11 is 1.52. The highest BCUT2D eigenvalue weighted by molar-refractivity contribution is 7.98. The fourth-order valence-corrected chi connectivity index (χ4v) is 4.77. The van der Waals surface area contributed by atoms with Crippen LogP contribution in [0.5, 0.6) is 0 Å². The summed E-state index contributed by atoms with van der Waals surface area (Å²) in [5.74, 6) is 0.978. The Morgan fingerprint density at radius 2 is 1.62 bits per heavy atom. The van der Waals surface area contributed by atoms with E-state index < -0.39 is 6.04 Å². The highest BCUT2D eigenvalue weighted by Crippen LogP contribution is 2.29. The molecule has 3 aromatic carbocycles. The van der Waals surface area contributed by atoms with Gasteiger partial charge in [-0.05, 0) is 63.1 Å². The van der Waals surface area contributed by atoms with Crippen LogP contribution in [0.15, 0.2) is 84.0 Å². The van der Waals surface area contributed by atoms with Crippen LogP contribution in [0.25, 0.3) is 5.69 Å². The highest BCUT2D eigenvalue weighted by Gasteiger charge is 2.26. The Labute approximate surface area is 221 Å². The number of aromatic nitrogens is 3. The van der Waals surface area contributed by atoms with E-state index in [2.05, 4.69) is 20.8 Å². The minimum atomic E-state index is -0.432.